The number of aliphatic imine (C=N–C) groups is 1. The van der Waals surface area contributed by atoms with E-state index in [2.05, 4.69) is 15.3 Å². The molecule has 1 fully saturated rings. The molecule has 170 valence electrons. The summed E-state index contributed by atoms with van der Waals surface area (Å²) in [4.78, 5) is 16.9. The number of aliphatic hydroxyl groups excluding tert-OH is 1. The first-order chi connectivity index (χ1) is 15.8. The van der Waals surface area contributed by atoms with Gasteiger partial charge in [0.05, 0.1) is 23.4 Å². The number of rotatable bonds is 4. The lowest BCUT2D eigenvalue weighted by molar-refractivity contribution is -0.137. The molecule has 5 rings (SSSR count). The summed E-state index contributed by atoms with van der Waals surface area (Å²) < 4.78 is 42.3. The molecular weight excluding hydrogens is 435 g/mol. The smallest absolute Gasteiger partial charge is 0.390 e. The highest BCUT2D eigenvalue weighted by Crippen LogP contribution is 2.34. The summed E-state index contributed by atoms with van der Waals surface area (Å²) in [7, 11) is 1.69. The highest BCUT2D eigenvalue weighted by molar-refractivity contribution is 6.11. The van der Waals surface area contributed by atoms with Crippen molar-refractivity contribution in [2.45, 2.75) is 25.4 Å². The molecule has 0 unspecified atom stereocenters. The van der Waals surface area contributed by atoms with Gasteiger partial charge >= 0.3 is 6.18 Å². The number of amides is 1. The summed E-state index contributed by atoms with van der Waals surface area (Å²) in [5.74, 6) is -0.303. The van der Waals surface area contributed by atoms with Crippen LogP contribution < -0.4 is 0 Å². The van der Waals surface area contributed by atoms with Crippen molar-refractivity contribution < 1.29 is 23.1 Å². The van der Waals surface area contributed by atoms with Crippen LogP contribution in [-0.2, 0) is 13.2 Å². The summed E-state index contributed by atoms with van der Waals surface area (Å²) >= 11 is 0. The van der Waals surface area contributed by atoms with Crippen molar-refractivity contribution in [2.75, 3.05) is 6.61 Å². The second-order valence-electron chi connectivity index (χ2n) is 8.19. The Kier molecular flexibility index (Phi) is 5.04. The van der Waals surface area contributed by atoms with Crippen molar-refractivity contribution in [1.29, 1.82) is 0 Å². The zero-order chi connectivity index (χ0) is 23.3. The summed E-state index contributed by atoms with van der Waals surface area (Å²) in [6, 6.07) is 9.85. The van der Waals surface area contributed by atoms with E-state index in [0.717, 1.165) is 31.4 Å². The lowest BCUT2D eigenvalue weighted by Crippen LogP contribution is -2.26. The van der Waals surface area contributed by atoms with Gasteiger partial charge < -0.3 is 5.11 Å². The summed E-state index contributed by atoms with van der Waals surface area (Å²) in [6.45, 7) is -0.253. The van der Waals surface area contributed by atoms with Crippen LogP contribution in [0.3, 0.4) is 0 Å². The molecule has 0 bridgehead atoms. The van der Waals surface area contributed by atoms with Crippen molar-refractivity contribution >= 4 is 33.7 Å². The molecule has 2 aromatic heterocycles. The van der Waals surface area contributed by atoms with Gasteiger partial charge in [0.2, 0.25) is 0 Å². The Morgan fingerprint density at radius 3 is 2.52 bits per heavy atom. The highest BCUT2D eigenvalue weighted by Gasteiger charge is 2.30. The average molecular weight is 455 g/mol. The molecule has 2 heterocycles. The van der Waals surface area contributed by atoms with E-state index in [4.69, 9.17) is 0 Å². The molecule has 0 aliphatic heterocycles. The van der Waals surface area contributed by atoms with Crippen LogP contribution in [0.1, 0.15) is 35.2 Å². The van der Waals surface area contributed by atoms with Gasteiger partial charge in [0.25, 0.3) is 5.91 Å². The number of nitrogens with zero attached hydrogens (tertiary/aromatic N) is 5. The molecule has 4 aromatic rings. The number of hydrogen-bond donors (Lipinski definition) is 1. The Balaban J connectivity index is 1.62. The number of carbonyl (C=O) groups is 1. The van der Waals surface area contributed by atoms with Crippen LogP contribution in [0.2, 0.25) is 0 Å². The number of aromatic nitrogens is 4. The first-order valence-corrected chi connectivity index (χ1v) is 10.5. The molecule has 0 atom stereocenters. The molecule has 2 aromatic carbocycles. The molecule has 1 amide bonds. The fourth-order valence-corrected chi connectivity index (χ4v) is 4.20. The maximum Gasteiger partial charge on any atom is 0.416 e. The Morgan fingerprint density at radius 2 is 1.91 bits per heavy atom. The molecule has 0 radical (unpaired) electrons. The van der Waals surface area contributed by atoms with Crippen LogP contribution in [-0.4, -0.2) is 42.9 Å². The van der Waals surface area contributed by atoms with Crippen LogP contribution >= 0.6 is 0 Å². The highest BCUT2D eigenvalue weighted by atomic mass is 19.4. The largest absolute Gasteiger partial charge is 0.416 e. The predicted octanol–water partition coefficient (Wildman–Crippen LogP) is 4.30. The van der Waals surface area contributed by atoms with Crippen LogP contribution in [0, 0.1) is 5.92 Å². The minimum Gasteiger partial charge on any atom is -0.390 e. The van der Waals surface area contributed by atoms with Gasteiger partial charge in [-0.15, -0.1) is 5.10 Å². The summed E-state index contributed by atoms with van der Waals surface area (Å²) in [5, 5.41) is 18.5. The Labute approximate surface area is 186 Å². The third-order valence-electron chi connectivity index (χ3n) is 6.18. The van der Waals surface area contributed by atoms with E-state index >= 15 is 0 Å². The summed E-state index contributed by atoms with van der Waals surface area (Å²) in [6.07, 6.45) is -1.53. The van der Waals surface area contributed by atoms with Gasteiger partial charge in [0.1, 0.15) is 5.52 Å². The molecule has 1 saturated carbocycles. The first kappa shape index (κ1) is 21.3. The van der Waals surface area contributed by atoms with E-state index in [0.29, 0.717) is 39.0 Å². The van der Waals surface area contributed by atoms with E-state index in [1.54, 1.807) is 29.8 Å². The van der Waals surface area contributed by atoms with Gasteiger partial charge in [-0.2, -0.15) is 13.2 Å². The molecule has 10 heteroatoms. The molecular formula is C23H20F3N5O2. The summed E-state index contributed by atoms with van der Waals surface area (Å²) in [5.41, 5.74) is 2.39. The quantitative estimate of drug-likeness (QED) is 0.465. The monoisotopic (exact) mass is 455 g/mol. The van der Waals surface area contributed by atoms with E-state index < -0.39 is 17.6 Å². The second-order valence-corrected chi connectivity index (χ2v) is 8.19. The van der Waals surface area contributed by atoms with Crippen molar-refractivity contribution in [1.82, 2.24) is 19.6 Å². The lowest BCUT2D eigenvalue weighted by atomic mass is 9.82. The van der Waals surface area contributed by atoms with Crippen molar-refractivity contribution in [3.8, 4) is 5.69 Å². The SMILES string of the molecule is Cn1nnc2c3cc(C(=O)N=C(CO)C4CCC4)ccc3n(-c3ccc(C(F)(F)F)cc3)c21. The predicted molar refractivity (Wildman–Crippen MR) is 117 cm³/mol. The molecule has 33 heavy (non-hydrogen) atoms. The van der Waals surface area contributed by atoms with Crippen molar-refractivity contribution in [3.63, 3.8) is 0 Å². The van der Waals surface area contributed by atoms with Gasteiger partial charge in [-0.25, -0.2) is 9.67 Å². The van der Waals surface area contributed by atoms with Crippen molar-refractivity contribution in [2.24, 2.45) is 18.0 Å². The number of fused-ring (bicyclic) bond motifs is 3. The third-order valence-corrected chi connectivity index (χ3v) is 6.18. The van der Waals surface area contributed by atoms with Crippen molar-refractivity contribution in [3.05, 3.63) is 53.6 Å². The number of benzene rings is 2. The molecule has 7 nitrogen and oxygen atoms in total. The number of aryl methyl sites for hydroxylation is 1. The third kappa shape index (κ3) is 3.60. The number of alkyl halides is 3. The van der Waals surface area contributed by atoms with Gasteiger partial charge in [-0.3, -0.25) is 9.36 Å². The molecule has 1 aliphatic rings. The Bertz CT molecular complexity index is 1400. The van der Waals surface area contributed by atoms with Gasteiger partial charge in [0, 0.05) is 23.7 Å². The molecule has 1 N–H and O–H groups in total. The number of hydrogen-bond acceptors (Lipinski definition) is 4. The minimum atomic E-state index is -4.43. The fraction of sp³-hybridized carbons (Fsp3) is 0.304. The second kappa shape index (κ2) is 7.80. The van der Waals surface area contributed by atoms with Crippen LogP contribution in [0.15, 0.2) is 47.5 Å². The minimum absolute atomic E-state index is 0.148. The van der Waals surface area contributed by atoms with Crippen LogP contribution in [0.25, 0.3) is 27.8 Å². The number of aliphatic hydroxyl groups is 1. The lowest BCUT2D eigenvalue weighted by Gasteiger charge is -2.25. The zero-order valence-electron chi connectivity index (χ0n) is 17.7. The molecule has 0 saturated heterocycles. The number of halogens is 3. The normalized spacial score (nSPS) is 15.4. The van der Waals surface area contributed by atoms with E-state index in [-0.39, 0.29) is 12.5 Å². The van der Waals surface area contributed by atoms with Gasteiger partial charge in [-0.05, 0) is 61.2 Å². The van der Waals surface area contributed by atoms with E-state index in [1.165, 1.54) is 16.8 Å². The Morgan fingerprint density at radius 1 is 1.18 bits per heavy atom. The molecule has 1 aliphatic carbocycles. The maximum atomic E-state index is 13.0. The topological polar surface area (TPSA) is 85.3 Å². The zero-order valence-corrected chi connectivity index (χ0v) is 17.7. The maximum absolute atomic E-state index is 13.0. The van der Waals surface area contributed by atoms with Gasteiger partial charge in [0.15, 0.2) is 5.65 Å². The average Bonchev–Trinajstić information content (AvgIpc) is 3.28. The first-order valence-electron chi connectivity index (χ1n) is 10.5. The van der Waals surface area contributed by atoms with Crippen LogP contribution in [0.5, 0.6) is 0 Å². The fourth-order valence-electron chi connectivity index (χ4n) is 4.20. The van der Waals surface area contributed by atoms with E-state index in [9.17, 15) is 23.1 Å². The number of carbonyl (C=O) groups excluding carboxylic acids is 1. The standard InChI is InChI=1S/C23H20F3N5O2/c1-30-22-20(28-29-30)17-11-14(21(33)27-18(12-32)13-3-2-4-13)5-10-19(17)31(22)16-8-6-15(7-9-16)23(24,25)26/h5-11,13,32H,2-4,12H2,1H3. The van der Waals surface area contributed by atoms with Gasteiger partial charge in [-0.1, -0.05) is 11.6 Å². The van der Waals surface area contributed by atoms with Crippen LogP contribution in [0.4, 0.5) is 13.2 Å². The molecule has 0 spiro atoms. The Hall–Kier alpha value is -3.53. The van der Waals surface area contributed by atoms with E-state index in [1.807, 2.05) is 0 Å².